The summed E-state index contributed by atoms with van der Waals surface area (Å²) in [7, 11) is 1.79. The van der Waals surface area contributed by atoms with Crippen molar-refractivity contribution < 1.29 is 32.3 Å². The summed E-state index contributed by atoms with van der Waals surface area (Å²) in [4.78, 5) is 39.6. The van der Waals surface area contributed by atoms with Crippen molar-refractivity contribution in [3.05, 3.63) is 58.7 Å². The Bertz CT molecular complexity index is 1330. The molecule has 2 aromatic rings. The summed E-state index contributed by atoms with van der Waals surface area (Å²) >= 11 is 0. The third kappa shape index (κ3) is 4.73. The van der Waals surface area contributed by atoms with Crippen LogP contribution in [-0.4, -0.2) is 46.1 Å². The number of nitrogens with one attached hydrogen (secondary N) is 4. The Morgan fingerprint density at radius 2 is 1.95 bits per heavy atom. The van der Waals surface area contributed by atoms with Crippen molar-refractivity contribution in [2.75, 3.05) is 12.4 Å². The Hall–Kier alpha value is -4.00. The zero-order valence-corrected chi connectivity index (χ0v) is 20.1. The average molecular weight is 518 g/mol. The molecular weight excluding hydrogens is 493 g/mol. The van der Waals surface area contributed by atoms with Gasteiger partial charge in [0.15, 0.2) is 0 Å². The van der Waals surface area contributed by atoms with Crippen molar-refractivity contribution >= 4 is 23.3 Å². The first-order valence-corrected chi connectivity index (χ1v) is 11.7. The van der Waals surface area contributed by atoms with Gasteiger partial charge in [-0.1, -0.05) is 6.07 Å². The molecule has 4 N–H and O–H groups in total. The van der Waals surface area contributed by atoms with E-state index in [-0.39, 0.29) is 16.9 Å². The van der Waals surface area contributed by atoms with Gasteiger partial charge in [0.1, 0.15) is 11.4 Å². The predicted molar refractivity (Wildman–Crippen MR) is 125 cm³/mol. The van der Waals surface area contributed by atoms with Crippen LogP contribution in [-0.2, 0) is 17.8 Å². The molecule has 196 valence electrons. The van der Waals surface area contributed by atoms with Gasteiger partial charge in [0.2, 0.25) is 0 Å². The van der Waals surface area contributed by atoms with Crippen LogP contribution in [0, 0.1) is 6.92 Å². The number of nitrogens with zero attached hydrogens (tertiary/aromatic N) is 2. The van der Waals surface area contributed by atoms with E-state index in [4.69, 9.17) is 0 Å². The quantitative estimate of drug-likeness (QED) is 0.329. The second-order valence-electron chi connectivity index (χ2n) is 9.34. The fraction of sp³-hybridized carbons (Fsp3) is 0.375. The SMILES string of the molecule is Cc1c(C(=O)C(=O)NC2(C3=CN(C)NN3)CC2)c2n(c1C(=O)Nc1cccc(OC(F)(F)F)c1)CCC2. The minimum absolute atomic E-state index is 0.0944. The van der Waals surface area contributed by atoms with Crippen LogP contribution in [0.5, 0.6) is 5.75 Å². The fourth-order valence-corrected chi connectivity index (χ4v) is 4.90. The number of fused-ring (bicyclic) bond motifs is 1. The molecule has 10 nitrogen and oxygen atoms in total. The lowest BCUT2D eigenvalue weighted by molar-refractivity contribution is -0.274. The van der Waals surface area contributed by atoms with E-state index >= 15 is 0 Å². The molecule has 37 heavy (non-hydrogen) atoms. The van der Waals surface area contributed by atoms with Crippen LogP contribution in [0.2, 0.25) is 0 Å². The van der Waals surface area contributed by atoms with Crippen molar-refractivity contribution in [1.82, 2.24) is 25.9 Å². The van der Waals surface area contributed by atoms with Crippen molar-refractivity contribution in [2.45, 2.75) is 51.1 Å². The van der Waals surface area contributed by atoms with E-state index in [0.29, 0.717) is 43.5 Å². The van der Waals surface area contributed by atoms with Crippen molar-refractivity contribution in [1.29, 1.82) is 0 Å². The number of carbonyl (C=O) groups is 3. The van der Waals surface area contributed by atoms with Crippen LogP contribution < -0.4 is 26.3 Å². The van der Waals surface area contributed by atoms with E-state index in [1.165, 1.54) is 12.1 Å². The number of halogens is 3. The molecule has 0 atom stereocenters. The summed E-state index contributed by atoms with van der Waals surface area (Å²) in [5, 5.41) is 7.13. The summed E-state index contributed by atoms with van der Waals surface area (Å²) in [6.45, 7) is 2.07. The van der Waals surface area contributed by atoms with E-state index in [9.17, 15) is 27.6 Å². The maximum atomic E-state index is 13.3. The average Bonchev–Trinajstić information content (AvgIpc) is 3.11. The van der Waals surface area contributed by atoms with E-state index in [2.05, 4.69) is 26.3 Å². The summed E-state index contributed by atoms with van der Waals surface area (Å²) in [6, 6.07) is 4.93. The normalized spacial score (nSPS) is 17.5. The Kier molecular flexibility index (Phi) is 5.89. The molecule has 1 aliphatic carbocycles. The topological polar surface area (TPSA) is 117 Å². The predicted octanol–water partition coefficient (Wildman–Crippen LogP) is 2.52. The number of amides is 2. The molecule has 1 aromatic heterocycles. The zero-order chi connectivity index (χ0) is 26.5. The number of rotatable bonds is 7. The van der Waals surface area contributed by atoms with Crippen LogP contribution in [0.3, 0.4) is 0 Å². The highest BCUT2D eigenvalue weighted by atomic mass is 19.4. The summed E-state index contributed by atoms with van der Waals surface area (Å²) < 4.78 is 43.3. The van der Waals surface area contributed by atoms with Gasteiger partial charge in [-0.25, -0.2) is 0 Å². The van der Waals surface area contributed by atoms with Crippen molar-refractivity contribution in [2.24, 2.45) is 0 Å². The Morgan fingerprint density at radius 3 is 2.59 bits per heavy atom. The number of carbonyl (C=O) groups excluding carboxylic acids is 3. The van der Waals surface area contributed by atoms with Crippen LogP contribution in [0.25, 0.3) is 0 Å². The number of Topliss-reactive ketones (excluding diaryl/α,β-unsaturated/α-hetero) is 1. The molecule has 5 rings (SSSR count). The third-order valence-electron chi connectivity index (χ3n) is 6.69. The second-order valence-corrected chi connectivity index (χ2v) is 9.34. The first-order chi connectivity index (χ1) is 17.5. The molecule has 0 spiro atoms. The number of benzene rings is 1. The molecule has 0 bridgehead atoms. The first kappa shape index (κ1) is 24.7. The number of hydrogen-bond donors (Lipinski definition) is 4. The molecule has 0 saturated heterocycles. The van der Waals surface area contributed by atoms with Gasteiger partial charge in [-0.05, 0) is 50.3 Å². The minimum atomic E-state index is -4.87. The molecule has 2 aliphatic heterocycles. The number of hydrazine groups is 2. The third-order valence-corrected chi connectivity index (χ3v) is 6.69. The molecular formula is C24H25F3N6O4. The van der Waals surface area contributed by atoms with E-state index in [1.807, 2.05) is 0 Å². The van der Waals surface area contributed by atoms with Crippen molar-refractivity contribution in [3.63, 3.8) is 0 Å². The number of hydrogen-bond acceptors (Lipinski definition) is 7. The first-order valence-electron chi connectivity index (χ1n) is 11.7. The van der Waals surface area contributed by atoms with Crippen LogP contribution >= 0.6 is 0 Å². The maximum absolute atomic E-state index is 13.3. The van der Waals surface area contributed by atoms with Gasteiger partial charge in [0.05, 0.1) is 16.8 Å². The second kappa shape index (κ2) is 8.83. The van der Waals surface area contributed by atoms with Crippen LogP contribution in [0.1, 0.15) is 51.4 Å². The lowest BCUT2D eigenvalue weighted by atomic mass is 10.0. The largest absolute Gasteiger partial charge is 0.573 e. The van der Waals surface area contributed by atoms with Gasteiger partial charge in [-0.3, -0.25) is 19.4 Å². The smallest absolute Gasteiger partial charge is 0.406 e. The number of alkyl halides is 3. The molecule has 3 aliphatic rings. The fourth-order valence-electron chi connectivity index (χ4n) is 4.90. The summed E-state index contributed by atoms with van der Waals surface area (Å²) in [5.74, 6) is -2.56. The monoisotopic (exact) mass is 518 g/mol. The number of ketones is 1. The Morgan fingerprint density at radius 1 is 1.19 bits per heavy atom. The van der Waals surface area contributed by atoms with Crippen LogP contribution in [0.4, 0.5) is 18.9 Å². The molecule has 1 saturated carbocycles. The summed E-state index contributed by atoms with van der Waals surface area (Å²) in [6.07, 6.45) is -0.505. The summed E-state index contributed by atoms with van der Waals surface area (Å²) in [5.41, 5.74) is 7.40. The standard InChI is InChI=1S/C24H25F3N6O4/c1-13-18(20(34)22(36)29-23(8-9-23)17-12-32(2)31-30-17)16-7-4-10-33(16)19(13)21(35)28-14-5-3-6-15(11-14)37-24(25,26)27/h3,5-6,11-12,30-31H,4,7-10H2,1-2H3,(H,28,35)(H,29,36). The molecule has 1 fully saturated rings. The van der Waals surface area contributed by atoms with E-state index in [0.717, 1.165) is 17.8 Å². The molecule has 0 unspecified atom stereocenters. The van der Waals surface area contributed by atoms with E-state index < -0.39 is 35.2 Å². The molecule has 13 heteroatoms. The van der Waals surface area contributed by atoms with Gasteiger partial charge in [0.25, 0.3) is 17.6 Å². The lowest BCUT2D eigenvalue weighted by Gasteiger charge is -2.18. The minimum Gasteiger partial charge on any atom is -0.406 e. The van der Waals surface area contributed by atoms with Gasteiger partial charge in [-0.2, -0.15) is 0 Å². The molecule has 2 amide bonds. The zero-order valence-electron chi connectivity index (χ0n) is 20.1. The highest BCUT2D eigenvalue weighted by Crippen LogP contribution is 2.42. The van der Waals surface area contributed by atoms with Gasteiger partial charge in [0, 0.05) is 37.2 Å². The Labute approximate surface area is 209 Å². The highest BCUT2D eigenvalue weighted by molar-refractivity contribution is 6.44. The number of ether oxygens (including phenoxy) is 1. The Balaban J connectivity index is 1.37. The van der Waals surface area contributed by atoms with Crippen molar-refractivity contribution in [3.8, 4) is 5.75 Å². The molecule has 1 aromatic carbocycles. The molecule has 3 heterocycles. The lowest BCUT2D eigenvalue weighted by Crippen LogP contribution is -2.46. The van der Waals surface area contributed by atoms with Gasteiger partial charge in [-0.15, -0.1) is 18.7 Å². The van der Waals surface area contributed by atoms with Gasteiger partial charge < -0.3 is 25.4 Å². The van der Waals surface area contributed by atoms with Gasteiger partial charge >= 0.3 is 6.36 Å². The van der Waals surface area contributed by atoms with E-state index in [1.54, 1.807) is 29.7 Å². The highest BCUT2D eigenvalue weighted by Gasteiger charge is 2.50. The molecule has 0 radical (unpaired) electrons. The maximum Gasteiger partial charge on any atom is 0.573 e. The number of anilines is 1. The number of aromatic nitrogens is 1. The van der Waals surface area contributed by atoms with Crippen LogP contribution in [0.15, 0.2) is 36.2 Å².